The zero-order valence-electron chi connectivity index (χ0n) is 11.6. The van der Waals surface area contributed by atoms with Gasteiger partial charge in [0.15, 0.2) is 5.79 Å². The molecule has 0 bridgehead atoms. The Morgan fingerprint density at radius 1 is 1.21 bits per heavy atom. The lowest BCUT2D eigenvalue weighted by molar-refractivity contribution is -0.192. The molecule has 0 radical (unpaired) electrons. The number of ether oxygens (including phenoxy) is 3. The van der Waals surface area contributed by atoms with Crippen LogP contribution in [-0.2, 0) is 20.8 Å². The molecular weight excluding hydrogens is 240 g/mol. The minimum atomic E-state index is -0.275. The van der Waals surface area contributed by atoms with Crippen molar-refractivity contribution in [3.8, 4) is 0 Å². The van der Waals surface area contributed by atoms with Crippen molar-refractivity contribution in [1.82, 2.24) is 0 Å². The van der Waals surface area contributed by atoms with Gasteiger partial charge in [-0.1, -0.05) is 29.8 Å². The summed E-state index contributed by atoms with van der Waals surface area (Å²) in [5.41, 5.74) is 2.55. The molecule has 1 aromatic carbocycles. The van der Waals surface area contributed by atoms with E-state index in [1.807, 2.05) is 0 Å². The lowest BCUT2D eigenvalue weighted by Gasteiger charge is -2.35. The van der Waals surface area contributed by atoms with Crippen molar-refractivity contribution < 1.29 is 14.2 Å². The van der Waals surface area contributed by atoms with Crippen LogP contribution in [0.4, 0.5) is 0 Å². The molecule has 1 saturated heterocycles. The molecule has 0 N–H and O–H groups in total. The molecule has 3 heteroatoms. The smallest absolute Gasteiger partial charge is 0.168 e. The van der Waals surface area contributed by atoms with Crippen LogP contribution in [0.2, 0.25) is 0 Å². The van der Waals surface area contributed by atoms with Gasteiger partial charge in [0.1, 0.15) is 0 Å². The Bertz CT molecular complexity index is 414. The van der Waals surface area contributed by atoms with Crippen LogP contribution in [0.15, 0.2) is 24.3 Å². The van der Waals surface area contributed by atoms with E-state index in [2.05, 4.69) is 31.2 Å². The summed E-state index contributed by atoms with van der Waals surface area (Å²) in [4.78, 5) is 0. The summed E-state index contributed by atoms with van der Waals surface area (Å²) >= 11 is 0. The predicted molar refractivity (Wildman–Crippen MR) is 72.9 cm³/mol. The van der Waals surface area contributed by atoms with Crippen LogP contribution in [0, 0.1) is 6.92 Å². The Labute approximate surface area is 114 Å². The first-order valence-electron chi connectivity index (χ1n) is 7.21. The molecule has 104 valence electrons. The Hall–Kier alpha value is -0.900. The van der Waals surface area contributed by atoms with Gasteiger partial charge in [-0.25, -0.2) is 0 Å². The summed E-state index contributed by atoms with van der Waals surface area (Å²) in [5.74, 6) is -0.275. The molecule has 1 aliphatic carbocycles. The second-order valence-corrected chi connectivity index (χ2v) is 5.61. The van der Waals surface area contributed by atoms with E-state index in [4.69, 9.17) is 14.2 Å². The third-order valence-electron chi connectivity index (χ3n) is 4.08. The van der Waals surface area contributed by atoms with Crippen molar-refractivity contribution in [3.63, 3.8) is 0 Å². The van der Waals surface area contributed by atoms with E-state index in [9.17, 15) is 0 Å². The molecule has 3 rings (SSSR count). The molecule has 0 amide bonds. The first kappa shape index (κ1) is 13.1. The number of benzene rings is 1. The summed E-state index contributed by atoms with van der Waals surface area (Å²) in [6, 6.07) is 8.51. The van der Waals surface area contributed by atoms with Crippen LogP contribution in [0.5, 0.6) is 0 Å². The van der Waals surface area contributed by atoms with E-state index in [1.54, 1.807) is 0 Å². The van der Waals surface area contributed by atoms with Crippen LogP contribution in [0.25, 0.3) is 0 Å². The standard InChI is InChI=1S/C16H22O3/c1-13-3-2-4-14(11-13)12-17-15-5-7-16(8-6-15)18-9-10-19-16/h2-4,11,15H,5-10,12H2,1H3. The van der Waals surface area contributed by atoms with Gasteiger partial charge >= 0.3 is 0 Å². The zero-order chi connectivity index (χ0) is 13.1. The molecule has 2 aliphatic rings. The molecular formula is C16H22O3. The molecule has 1 heterocycles. The molecule has 0 atom stereocenters. The normalized spacial score (nSPS) is 23.0. The van der Waals surface area contributed by atoms with Crippen LogP contribution in [-0.4, -0.2) is 25.1 Å². The van der Waals surface area contributed by atoms with E-state index in [0.717, 1.165) is 38.9 Å². The molecule has 2 fully saturated rings. The molecule has 1 aliphatic heterocycles. The largest absolute Gasteiger partial charge is 0.374 e. The van der Waals surface area contributed by atoms with Crippen molar-refractivity contribution in [3.05, 3.63) is 35.4 Å². The van der Waals surface area contributed by atoms with Gasteiger partial charge in [-0.05, 0) is 25.3 Å². The molecule has 3 nitrogen and oxygen atoms in total. The van der Waals surface area contributed by atoms with Gasteiger partial charge in [0.2, 0.25) is 0 Å². The minimum absolute atomic E-state index is 0.275. The van der Waals surface area contributed by atoms with E-state index in [0.29, 0.717) is 12.7 Å². The average molecular weight is 262 g/mol. The monoisotopic (exact) mass is 262 g/mol. The highest BCUT2D eigenvalue weighted by molar-refractivity contribution is 5.21. The maximum Gasteiger partial charge on any atom is 0.168 e. The third kappa shape index (κ3) is 3.16. The average Bonchev–Trinajstić information content (AvgIpc) is 2.87. The van der Waals surface area contributed by atoms with Gasteiger partial charge in [-0.2, -0.15) is 0 Å². The van der Waals surface area contributed by atoms with Gasteiger partial charge in [0, 0.05) is 12.8 Å². The van der Waals surface area contributed by atoms with E-state index in [-0.39, 0.29) is 5.79 Å². The number of hydrogen-bond donors (Lipinski definition) is 0. The summed E-state index contributed by atoms with van der Waals surface area (Å²) in [6.45, 7) is 4.31. The molecule has 0 unspecified atom stereocenters. The van der Waals surface area contributed by atoms with Crippen LogP contribution in [0.1, 0.15) is 36.8 Å². The van der Waals surface area contributed by atoms with E-state index in [1.165, 1.54) is 11.1 Å². The summed E-state index contributed by atoms with van der Waals surface area (Å²) in [6.07, 6.45) is 4.34. The molecule has 1 saturated carbocycles. The number of aryl methyl sites for hydroxylation is 1. The first-order valence-corrected chi connectivity index (χ1v) is 7.21. The lowest BCUT2D eigenvalue weighted by Crippen LogP contribution is -2.37. The van der Waals surface area contributed by atoms with E-state index >= 15 is 0 Å². The second-order valence-electron chi connectivity index (χ2n) is 5.61. The minimum Gasteiger partial charge on any atom is -0.374 e. The van der Waals surface area contributed by atoms with Crippen LogP contribution in [0.3, 0.4) is 0 Å². The highest BCUT2D eigenvalue weighted by Crippen LogP contribution is 2.36. The van der Waals surface area contributed by atoms with Gasteiger partial charge in [0.05, 0.1) is 25.9 Å². The lowest BCUT2D eigenvalue weighted by atomic mass is 9.92. The van der Waals surface area contributed by atoms with Gasteiger partial charge in [0.25, 0.3) is 0 Å². The number of rotatable bonds is 3. The summed E-state index contributed by atoms with van der Waals surface area (Å²) in [5, 5.41) is 0. The highest BCUT2D eigenvalue weighted by Gasteiger charge is 2.40. The molecule has 0 aromatic heterocycles. The summed E-state index contributed by atoms with van der Waals surface area (Å²) in [7, 11) is 0. The second kappa shape index (κ2) is 5.61. The SMILES string of the molecule is Cc1cccc(COC2CCC3(CC2)OCCO3)c1. The Morgan fingerprint density at radius 2 is 1.95 bits per heavy atom. The fourth-order valence-corrected chi connectivity index (χ4v) is 3.00. The van der Waals surface area contributed by atoms with Crippen molar-refractivity contribution in [2.24, 2.45) is 0 Å². The fraction of sp³-hybridized carbons (Fsp3) is 0.625. The Kier molecular flexibility index (Phi) is 3.87. The van der Waals surface area contributed by atoms with Crippen molar-refractivity contribution in [2.45, 2.75) is 51.1 Å². The quantitative estimate of drug-likeness (QED) is 0.837. The van der Waals surface area contributed by atoms with Gasteiger partial charge in [-0.15, -0.1) is 0 Å². The molecule has 1 aromatic rings. The fourth-order valence-electron chi connectivity index (χ4n) is 3.00. The van der Waals surface area contributed by atoms with Crippen molar-refractivity contribution in [1.29, 1.82) is 0 Å². The van der Waals surface area contributed by atoms with Crippen LogP contribution < -0.4 is 0 Å². The summed E-state index contributed by atoms with van der Waals surface area (Å²) < 4.78 is 17.5. The predicted octanol–water partition coefficient (Wildman–Crippen LogP) is 3.20. The maximum atomic E-state index is 6.02. The zero-order valence-corrected chi connectivity index (χ0v) is 11.6. The van der Waals surface area contributed by atoms with Crippen molar-refractivity contribution in [2.75, 3.05) is 13.2 Å². The molecule has 19 heavy (non-hydrogen) atoms. The van der Waals surface area contributed by atoms with Crippen LogP contribution >= 0.6 is 0 Å². The Balaban J connectivity index is 1.47. The van der Waals surface area contributed by atoms with Gasteiger partial charge < -0.3 is 14.2 Å². The highest BCUT2D eigenvalue weighted by atomic mass is 16.7. The Morgan fingerprint density at radius 3 is 2.63 bits per heavy atom. The third-order valence-corrected chi connectivity index (χ3v) is 4.08. The van der Waals surface area contributed by atoms with E-state index < -0.39 is 0 Å². The number of hydrogen-bond acceptors (Lipinski definition) is 3. The first-order chi connectivity index (χ1) is 9.26. The topological polar surface area (TPSA) is 27.7 Å². The maximum absolute atomic E-state index is 6.02. The molecule has 1 spiro atoms. The van der Waals surface area contributed by atoms with Gasteiger partial charge in [-0.3, -0.25) is 0 Å². The van der Waals surface area contributed by atoms with Crippen molar-refractivity contribution >= 4 is 0 Å².